The van der Waals surface area contributed by atoms with E-state index in [1.165, 1.54) is 0 Å². The summed E-state index contributed by atoms with van der Waals surface area (Å²) in [6.45, 7) is 0. The second kappa shape index (κ2) is 7.27. The number of ether oxygens (including phenoxy) is 1. The molecule has 23 heavy (non-hydrogen) atoms. The van der Waals surface area contributed by atoms with Crippen LogP contribution >= 0.6 is 0 Å². The first-order chi connectivity index (χ1) is 11.3. The largest absolute Gasteiger partial charge is 0.457 e. The standard InChI is InChI=1S/C20H18N2O/c1-22(18-10-4-2-5-11-18)21-16-17-9-8-14-20(15-17)23-19-12-6-3-7-13-19/h2-16H,1H3/b21-16-. The van der Waals surface area contributed by atoms with Gasteiger partial charge in [-0.15, -0.1) is 0 Å². The first-order valence-corrected chi connectivity index (χ1v) is 7.47. The van der Waals surface area contributed by atoms with Crippen molar-refractivity contribution in [2.75, 3.05) is 12.1 Å². The van der Waals surface area contributed by atoms with Gasteiger partial charge in [-0.25, -0.2) is 0 Å². The highest BCUT2D eigenvalue weighted by atomic mass is 16.5. The summed E-state index contributed by atoms with van der Waals surface area (Å²) in [5.74, 6) is 1.62. The Hall–Kier alpha value is -3.07. The second-order valence-electron chi connectivity index (χ2n) is 5.09. The summed E-state index contributed by atoms with van der Waals surface area (Å²) in [6.07, 6.45) is 1.82. The zero-order chi connectivity index (χ0) is 15.9. The van der Waals surface area contributed by atoms with Crippen LogP contribution < -0.4 is 9.75 Å². The number of hydrogen-bond donors (Lipinski definition) is 0. The molecule has 0 spiro atoms. The molecule has 3 rings (SSSR count). The minimum absolute atomic E-state index is 0.794. The van der Waals surface area contributed by atoms with Crippen LogP contribution in [0.5, 0.6) is 11.5 Å². The molecular weight excluding hydrogens is 284 g/mol. The van der Waals surface area contributed by atoms with Gasteiger partial charge in [0.05, 0.1) is 11.9 Å². The molecule has 3 nitrogen and oxygen atoms in total. The molecule has 0 radical (unpaired) electrons. The Labute approximate surface area is 136 Å². The summed E-state index contributed by atoms with van der Waals surface area (Å²) in [4.78, 5) is 0. The maximum Gasteiger partial charge on any atom is 0.128 e. The highest BCUT2D eigenvalue weighted by Crippen LogP contribution is 2.21. The highest BCUT2D eigenvalue weighted by molar-refractivity contribution is 5.81. The SMILES string of the molecule is CN(/N=C\c1cccc(Oc2ccccc2)c1)c1ccccc1. The predicted molar refractivity (Wildman–Crippen MR) is 95.4 cm³/mol. The van der Waals surface area contributed by atoms with Crippen LogP contribution in [-0.2, 0) is 0 Å². The van der Waals surface area contributed by atoms with Crippen molar-refractivity contribution in [1.82, 2.24) is 0 Å². The van der Waals surface area contributed by atoms with E-state index in [0.29, 0.717) is 0 Å². The summed E-state index contributed by atoms with van der Waals surface area (Å²) in [7, 11) is 1.93. The van der Waals surface area contributed by atoms with Gasteiger partial charge < -0.3 is 4.74 Å². The van der Waals surface area contributed by atoms with Gasteiger partial charge in [-0.05, 0) is 42.0 Å². The van der Waals surface area contributed by atoms with E-state index in [0.717, 1.165) is 22.7 Å². The number of hydrazone groups is 1. The lowest BCUT2D eigenvalue weighted by molar-refractivity contribution is 0.482. The molecule has 114 valence electrons. The normalized spacial score (nSPS) is 10.7. The van der Waals surface area contributed by atoms with Crippen molar-refractivity contribution in [3.05, 3.63) is 90.5 Å². The van der Waals surface area contributed by atoms with Gasteiger partial charge >= 0.3 is 0 Å². The van der Waals surface area contributed by atoms with Crippen molar-refractivity contribution in [1.29, 1.82) is 0 Å². The van der Waals surface area contributed by atoms with E-state index in [4.69, 9.17) is 4.74 Å². The first kappa shape index (κ1) is 14.9. The third-order valence-electron chi connectivity index (χ3n) is 3.35. The first-order valence-electron chi connectivity index (χ1n) is 7.47. The van der Waals surface area contributed by atoms with E-state index >= 15 is 0 Å². The van der Waals surface area contributed by atoms with Crippen molar-refractivity contribution >= 4 is 11.9 Å². The van der Waals surface area contributed by atoms with Crippen molar-refractivity contribution in [2.24, 2.45) is 5.10 Å². The molecule has 0 aliphatic carbocycles. The topological polar surface area (TPSA) is 24.8 Å². The van der Waals surface area contributed by atoms with E-state index in [1.54, 1.807) is 0 Å². The predicted octanol–water partition coefficient (Wildman–Crippen LogP) is 4.95. The fourth-order valence-corrected chi connectivity index (χ4v) is 2.15. The summed E-state index contributed by atoms with van der Waals surface area (Å²) in [5, 5.41) is 6.30. The van der Waals surface area contributed by atoms with E-state index in [2.05, 4.69) is 5.10 Å². The number of anilines is 1. The fourth-order valence-electron chi connectivity index (χ4n) is 2.15. The number of para-hydroxylation sites is 2. The monoisotopic (exact) mass is 302 g/mol. The molecule has 0 aromatic heterocycles. The zero-order valence-corrected chi connectivity index (χ0v) is 13.0. The molecule has 0 unspecified atom stereocenters. The Balaban J connectivity index is 1.71. The molecule has 0 amide bonds. The van der Waals surface area contributed by atoms with Crippen LogP contribution in [-0.4, -0.2) is 13.3 Å². The van der Waals surface area contributed by atoms with Gasteiger partial charge in [-0.1, -0.05) is 48.5 Å². The number of benzene rings is 3. The molecule has 3 aromatic rings. The van der Waals surface area contributed by atoms with Crippen LogP contribution in [0.1, 0.15) is 5.56 Å². The van der Waals surface area contributed by atoms with E-state index in [-0.39, 0.29) is 0 Å². The molecule has 3 heteroatoms. The molecule has 0 fully saturated rings. The Morgan fingerprint density at radius 3 is 2.17 bits per heavy atom. The molecule has 0 heterocycles. The Bertz CT molecular complexity index is 770. The minimum Gasteiger partial charge on any atom is -0.457 e. The van der Waals surface area contributed by atoms with Crippen LogP contribution in [0.25, 0.3) is 0 Å². The fraction of sp³-hybridized carbons (Fsp3) is 0.0500. The van der Waals surface area contributed by atoms with Gasteiger partial charge in [0, 0.05) is 7.05 Å². The summed E-state index contributed by atoms with van der Waals surface area (Å²) in [5.41, 5.74) is 2.03. The second-order valence-corrected chi connectivity index (χ2v) is 5.09. The molecule has 0 N–H and O–H groups in total. The van der Waals surface area contributed by atoms with Crippen LogP contribution in [0.2, 0.25) is 0 Å². The van der Waals surface area contributed by atoms with Crippen LogP contribution in [0.3, 0.4) is 0 Å². The van der Waals surface area contributed by atoms with E-state index in [1.807, 2.05) is 103 Å². The summed E-state index contributed by atoms with van der Waals surface area (Å²) >= 11 is 0. The molecule has 0 bridgehead atoms. The highest BCUT2D eigenvalue weighted by Gasteiger charge is 1.99. The van der Waals surface area contributed by atoms with Crippen molar-refractivity contribution < 1.29 is 4.74 Å². The van der Waals surface area contributed by atoms with Gasteiger partial charge in [0.1, 0.15) is 11.5 Å². The summed E-state index contributed by atoms with van der Waals surface area (Å²) in [6, 6.07) is 27.6. The lowest BCUT2D eigenvalue weighted by Crippen LogP contribution is -2.08. The van der Waals surface area contributed by atoms with E-state index < -0.39 is 0 Å². The third kappa shape index (κ3) is 4.20. The van der Waals surface area contributed by atoms with Crippen LogP contribution in [0.4, 0.5) is 5.69 Å². The Kier molecular flexibility index (Phi) is 4.69. The Morgan fingerprint density at radius 2 is 1.43 bits per heavy atom. The van der Waals surface area contributed by atoms with Crippen LogP contribution in [0.15, 0.2) is 90.0 Å². The number of hydrogen-bond acceptors (Lipinski definition) is 3. The average molecular weight is 302 g/mol. The van der Waals surface area contributed by atoms with Gasteiger partial charge in [0.25, 0.3) is 0 Å². The molecule has 0 atom stereocenters. The zero-order valence-electron chi connectivity index (χ0n) is 13.0. The maximum absolute atomic E-state index is 5.84. The lowest BCUT2D eigenvalue weighted by Gasteiger charge is -2.12. The van der Waals surface area contributed by atoms with Gasteiger partial charge in [-0.2, -0.15) is 5.10 Å². The molecule has 0 aliphatic rings. The third-order valence-corrected chi connectivity index (χ3v) is 3.35. The number of nitrogens with zero attached hydrogens (tertiary/aromatic N) is 2. The van der Waals surface area contributed by atoms with Crippen molar-refractivity contribution in [2.45, 2.75) is 0 Å². The minimum atomic E-state index is 0.794. The van der Waals surface area contributed by atoms with Gasteiger partial charge in [-0.3, -0.25) is 5.01 Å². The Morgan fingerprint density at radius 1 is 0.783 bits per heavy atom. The molecule has 0 aliphatic heterocycles. The quantitative estimate of drug-likeness (QED) is 0.492. The molecule has 0 saturated heterocycles. The van der Waals surface area contributed by atoms with E-state index in [9.17, 15) is 0 Å². The number of rotatable bonds is 5. The van der Waals surface area contributed by atoms with Gasteiger partial charge in [0.15, 0.2) is 0 Å². The molecule has 0 saturated carbocycles. The van der Waals surface area contributed by atoms with Gasteiger partial charge in [0.2, 0.25) is 0 Å². The van der Waals surface area contributed by atoms with Crippen LogP contribution in [0, 0.1) is 0 Å². The average Bonchev–Trinajstić information content (AvgIpc) is 2.62. The smallest absolute Gasteiger partial charge is 0.128 e. The van der Waals surface area contributed by atoms with Crippen molar-refractivity contribution in [3.63, 3.8) is 0 Å². The molecule has 3 aromatic carbocycles. The molecular formula is C20H18N2O. The lowest BCUT2D eigenvalue weighted by atomic mass is 10.2. The summed E-state index contributed by atoms with van der Waals surface area (Å²) < 4.78 is 5.84. The maximum atomic E-state index is 5.84. The van der Waals surface area contributed by atoms with Crippen molar-refractivity contribution in [3.8, 4) is 11.5 Å².